The van der Waals surface area contributed by atoms with Crippen LogP contribution in [0.5, 0.6) is 17.2 Å². The van der Waals surface area contributed by atoms with Gasteiger partial charge in [0.05, 0.1) is 18.8 Å². The second-order valence-corrected chi connectivity index (χ2v) is 8.43. The van der Waals surface area contributed by atoms with E-state index in [2.05, 4.69) is 20.8 Å². The molecule has 0 radical (unpaired) electrons. The summed E-state index contributed by atoms with van der Waals surface area (Å²) in [5.74, 6) is 1.97. The first-order chi connectivity index (χ1) is 14.8. The predicted octanol–water partition coefficient (Wildman–Crippen LogP) is 5.21. The number of aromatic hydroxyl groups is 1. The van der Waals surface area contributed by atoms with E-state index in [1.807, 2.05) is 6.92 Å². The second-order valence-electron chi connectivity index (χ2n) is 8.43. The molecule has 31 heavy (non-hydrogen) atoms. The van der Waals surface area contributed by atoms with Crippen molar-refractivity contribution in [2.75, 3.05) is 7.11 Å². The molecule has 1 fully saturated rings. The summed E-state index contributed by atoms with van der Waals surface area (Å²) in [6.07, 6.45) is 0.969. The molecule has 1 aliphatic rings. The number of fused-ring (bicyclic) bond motifs is 1. The fourth-order valence-corrected chi connectivity index (χ4v) is 4.12. The summed E-state index contributed by atoms with van der Waals surface area (Å²) >= 11 is 0. The summed E-state index contributed by atoms with van der Waals surface area (Å²) in [7, 11) is 1.55. The molecular weight excluding hydrogens is 396 g/mol. The smallest absolute Gasteiger partial charge is 0.204 e. The number of rotatable bonds is 4. The van der Waals surface area contributed by atoms with Gasteiger partial charge in [0.25, 0.3) is 0 Å². The minimum absolute atomic E-state index is 0.0389. The van der Waals surface area contributed by atoms with Gasteiger partial charge in [0.15, 0.2) is 0 Å². The van der Waals surface area contributed by atoms with Crippen LogP contribution in [-0.4, -0.2) is 24.6 Å². The van der Waals surface area contributed by atoms with E-state index in [-0.39, 0.29) is 23.2 Å². The zero-order valence-corrected chi connectivity index (χ0v) is 18.4. The highest BCUT2D eigenvalue weighted by Gasteiger charge is 2.38. The highest BCUT2D eigenvalue weighted by molar-refractivity contribution is 5.88. The molecule has 0 saturated carbocycles. The van der Waals surface area contributed by atoms with Crippen molar-refractivity contribution in [1.29, 1.82) is 0 Å². The van der Waals surface area contributed by atoms with E-state index >= 15 is 0 Å². The van der Waals surface area contributed by atoms with E-state index in [4.69, 9.17) is 18.6 Å². The lowest BCUT2D eigenvalue weighted by Crippen LogP contribution is -2.46. The van der Waals surface area contributed by atoms with E-state index in [9.17, 15) is 9.90 Å². The zero-order chi connectivity index (χ0) is 22.3. The van der Waals surface area contributed by atoms with Crippen LogP contribution in [0.15, 0.2) is 51.9 Å². The topological polar surface area (TPSA) is 78.1 Å². The second kappa shape index (κ2) is 8.27. The monoisotopic (exact) mass is 424 g/mol. The van der Waals surface area contributed by atoms with E-state index in [1.165, 1.54) is 18.4 Å². The molecule has 2 aromatic carbocycles. The normalized spacial score (nSPS) is 26.0. The first-order valence-corrected chi connectivity index (χ1v) is 10.5. The van der Waals surface area contributed by atoms with Crippen molar-refractivity contribution >= 4 is 11.0 Å². The Morgan fingerprint density at radius 1 is 0.968 bits per heavy atom. The van der Waals surface area contributed by atoms with Crippen LogP contribution in [0.1, 0.15) is 27.7 Å². The summed E-state index contributed by atoms with van der Waals surface area (Å²) < 4.78 is 23.7. The van der Waals surface area contributed by atoms with Crippen LogP contribution in [0.25, 0.3) is 22.1 Å². The van der Waals surface area contributed by atoms with Gasteiger partial charge in [0, 0.05) is 18.1 Å². The van der Waals surface area contributed by atoms with Crippen molar-refractivity contribution in [3.8, 4) is 28.4 Å². The third-order valence-corrected chi connectivity index (χ3v) is 6.65. The van der Waals surface area contributed by atoms with Gasteiger partial charge in [-0.3, -0.25) is 4.79 Å². The molecule has 2 heterocycles. The maximum absolute atomic E-state index is 13.5. The van der Waals surface area contributed by atoms with Crippen molar-refractivity contribution in [3.63, 3.8) is 0 Å². The van der Waals surface area contributed by atoms with Gasteiger partial charge in [0.1, 0.15) is 34.5 Å². The number of hydrogen-bond acceptors (Lipinski definition) is 6. The highest BCUT2D eigenvalue weighted by atomic mass is 16.7. The number of methoxy groups -OCH3 is 1. The Bertz CT molecular complexity index is 1130. The molecule has 0 spiro atoms. The fraction of sp³-hybridized carbons (Fsp3) is 0.400. The summed E-state index contributed by atoms with van der Waals surface area (Å²) in [6, 6.07) is 9.78. The number of phenols is 1. The summed E-state index contributed by atoms with van der Waals surface area (Å²) in [6.45, 7) is 8.53. The van der Waals surface area contributed by atoms with Crippen molar-refractivity contribution in [2.24, 2.45) is 17.8 Å². The minimum Gasteiger partial charge on any atom is -0.508 e. The lowest BCUT2D eigenvalue weighted by Gasteiger charge is -2.42. The number of ether oxygens (including phenoxy) is 3. The van der Waals surface area contributed by atoms with E-state index in [1.54, 1.807) is 31.4 Å². The third-order valence-electron chi connectivity index (χ3n) is 6.65. The lowest BCUT2D eigenvalue weighted by molar-refractivity contribution is -0.205. The van der Waals surface area contributed by atoms with Gasteiger partial charge in [-0.1, -0.05) is 32.9 Å². The van der Waals surface area contributed by atoms with E-state index < -0.39 is 6.29 Å². The Balaban J connectivity index is 1.82. The minimum atomic E-state index is -0.492. The molecule has 1 N–H and O–H groups in total. The number of phenolic OH excluding ortho intramolecular Hbond substituents is 1. The van der Waals surface area contributed by atoms with Gasteiger partial charge in [-0.05, 0) is 36.5 Å². The molecule has 164 valence electrons. The van der Waals surface area contributed by atoms with E-state index in [0.29, 0.717) is 45.4 Å². The molecule has 1 aromatic heterocycles. The van der Waals surface area contributed by atoms with Crippen molar-refractivity contribution in [3.05, 3.63) is 52.9 Å². The largest absolute Gasteiger partial charge is 0.508 e. The van der Waals surface area contributed by atoms with Gasteiger partial charge < -0.3 is 23.7 Å². The molecule has 3 aromatic rings. The average molecular weight is 424 g/mol. The van der Waals surface area contributed by atoms with Gasteiger partial charge in [-0.15, -0.1) is 0 Å². The van der Waals surface area contributed by atoms with Crippen LogP contribution in [0.3, 0.4) is 0 Å². The molecule has 1 saturated heterocycles. The molecule has 5 unspecified atom stereocenters. The molecule has 6 nitrogen and oxygen atoms in total. The predicted molar refractivity (Wildman–Crippen MR) is 119 cm³/mol. The Morgan fingerprint density at radius 3 is 2.35 bits per heavy atom. The number of hydrogen-bond donors (Lipinski definition) is 1. The summed E-state index contributed by atoms with van der Waals surface area (Å²) in [5.41, 5.74) is 1.19. The Hall–Kier alpha value is -2.99. The fourth-order valence-electron chi connectivity index (χ4n) is 4.12. The first kappa shape index (κ1) is 21.2. The molecular formula is C25H28O6. The van der Waals surface area contributed by atoms with Crippen LogP contribution in [0.2, 0.25) is 0 Å². The van der Waals surface area contributed by atoms with Gasteiger partial charge in [-0.25, -0.2) is 0 Å². The maximum atomic E-state index is 13.5. The number of benzene rings is 2. The quantitative estimate of drug-likeness (QED) is 0.620. The first-order valence-electron chi connectivity index (χ1n) is 10.5. The summed E-state index contributed by atoms with van der Waals surface area (Å²) in [5, 5.41) is 9.90. The molecule has 0 aliphatic carbocycles. The maximum Gasteiger partial charge on any atom is 0.204 e. The van der Waals surface area contributed by atoms with Crippen molar-refractivity contribution in [2.45, 2.75) is 40.1 Å². The van der Waals surface area contributed by atoms with E-state index in [0.717, 1.165) is 0 Å². The molecule has 1 aliphatic heterocycles. The Kier molecular flexibility index (Phi) is 5.67. The average Bonchev–Trinajstić information content (AvgIpc) is 2.76. The molecule has 0 amide bonds. The van der Waals surface area contributed by atoms with Crippen LogP contribution >= 0.6 is 0 Å². The van der Waals surface area contributed by atoms with Gasteiger partial charge in [0.2, 0.25) is 11.7 Å². The van der Waals surface area contributed by atoms with Gasteiger partial charge >= 0.3 is 0 Å². The Labute approximate surface area is 181 Å². The van der Waals surface area contributed by atoms with Crippen molar-refractivity contribution < 1.29 is 23.7 Å². The highest BCUT2D eigenvalue weighted by Crippen LogP contribution is 2.38. The SMILES string of the molecule is COc1cc(OC2OC(C)C(C)C(C)C2C)c2c(=O)c(-c3ccc(O)cc3)coc2c1. The van der Waals surface area contributed by atoms with Crippen LogP contribution in [-0.2, 0) is 4.74 Å². The third kappa shape index (κ3) is 3.88. The molecule has 0 bridgehead atoms. The standard InChI is InChI=1S/C25H28O6/c1-13-14(2)16(4)30-25(15(13)3)31-22-11-19(28-5)10-21-23(22)24(27)20(12-29-21)17-6-8-18(26)9-7-17/h6-16,25-26H,1-5H3. The molecule has 4 rings (SSSR count). The molecule has 5 atom stereocenters. The van der Waals surface area contributed by atoms with Crippen LogP contribution in [0.4, 0.5) is 0 Å². The Morgan fingerprint density at radius 2 is 1.68 bits per heavy atom. The molecule has 6 heteroatoms. The zero-order valence-electron chi connectivity index (χ0n) is 18.4. The van der Waals surface area contributed by atoms with Crippen molar-refractivity contribution in [1.82, 2.24) is 0 Å². The van der Waals surface area contributed by atoms with Crippen LogP contribution < -0.4 is 14.9 Å². The lowest BCUT2D eigenvalue weighted by atomic mass is 9.79. The van der Waals surface area contributed by atoms with Gasteiger partial charge in [-0.2, -0.15) is 0 Å². The summed E-state index contributed by atoms with van der Waals surface area (Å²) in [4.78, 5) is 13.5. The van der Waals surface area contributed by atoms with Crippen LogP contribution in [0, 0.1) is 17.8 Å².